The summed E-state index contributed by atoms with van der Waals surface area (Å²) in [6.07, 6.45) is 0. The van der Waals surface area contributed by atoms with E-state index in [9.17, 15) is 9.18 Å². The van der Waals surface area contributed by atoms with Crippen molar-refractivity contribution in [2.45, 2.75) is 20.8 Å². The molecule has 2 aromatic carbocycles. The summed E-state index contributed by atoms with van der Waals surface area (Å²) in [6.45, 7) is 6.59. The van der Waals surface area contributed by atoms with E-state index < -0.39 is 0 Å². The van der Waals surface area contributed by atoms with Gasteiger partial charge in [0, 0.05) is 28.3 Å². The van der Waals surface area contributed by atoms with E-state index in [0.717, 1.165) is 28.5 Å². The first-order chi connectivity index (χ1) is 13.0. The summed E-state index contributed by atoms with van der Waals surface area (Å²) in [6, 6.07) is 15.7. The van der Waals surface area contributed by atoms with Crippen molar-refractivity contribution in [1.29, 1.82) is 0 Å². The first-order valence-electron chi connectivity index (χ1n) is 8.94. The maximum absolute atomic E-state index is 13.2. The number of ketones is 1. The summed E-state index contributed by atoms with van der Waals surface area (Å²) in [4.78, 5) is 12.7. The Morgan fingerprint density at radius 1 is 1.07 bits per heavy atom. The molecular formula is C22H23FN2O2. The van der Waals surface area contributed by atoms with Gasteiger partial charge in [0.2, 0.25) is 0 Å². The minimum Gasteiger partial charge on any atom is -0.494 e. The van der Waals surface area contributed by atoms with Crippen molar-refractivity contribution in [1.82, 2.24) is 4.57 Å². The van der Waals surface area contributed by atoms with Gasteiger partial charge in [0.1, 0.15) is 11.6 Å². The second-order valence-corrected chi connectivity index (χ2v) is 6.33. The molecule has 1 heterocycles. The van der Waals surface area contributed by atoms with Crippen molar-refractivity contribution >= 4 is 11.5 Å². The van der Waals surface area contributed by atoms with E-state index in [-0.39, 0.29) is 18.1 Å². The molecule has 0 spiro atoms. The Kier molecular flexibility index (Phi) is 5.60. The molecule has 0 aliphatic heterocycles. The molecule has 1 N–H and O–H groups in total. The number of aromatic nitrogens is 1. The van der Waals surface area contributed by atoms with Crippen LogP contribution >= 0.6 is 0 Å². The minimum atomic E-state index is -0.280. The van der Waals surface area contributed by atoms with Crippen LogP contribution in [0.1, 0.15) is 28.7 Å². The number of hydrogen-bond acceptors (Lipinski definition) is 3. The largest absolute Gasteiger partial charge is 0.494 e. The molecule has 5 heteroatoms. The first-order valence-corrected chi connectivity index (χ1v) is 8.94. The highest BCUT2D eigenvalue weighted by molar-refractivity contribution is 6.00. The predicted octanol–water partition coefficient (Wildman–Crippen LogP) is 4.93. The molecule has 0 aliphatic rings. The number of aryl methyl sites for hydroxylation is 1. The molecule has 0 saturated heterocycles. The van der Waals surface area contributed by atoms with Gasteiger partial charge in [-0.2, -0.15) is 0 Å². The number of hydrogen-bond donors (Lipinski definition) is 1. The van der Waals surface area contributed by atoms with Gasteiger partial charge in [-0.3, -0.25) is 4.79 Å². The molecule has 0 aliphatic carbocycles. The topological polar surface area (TPSA) is 43.3 Å². The summed E-state index contributed by atoms with van der Waals surface area (Å²) in [7, 11) is 0. The molecule has 140 valence electrons. The Bertz CT molecular complexity index is 928. The number of carbonyl (C=O) groups excluding carboxylic acids is 1. The molecule has 0 bridgehead atoms. The van der Waals surface area contributed by atoms with Crippen LogP contribution in [-0.4, -0.2) is 23.5 Å². The highest BCUT2D eigenvalue weighted by Crippen LogP contribution is 2.22. The first kappa shape index (κ1) is 18.7. The number of ether oxygens (including phenoxy) is 1. The third-order valence-corrected chi connectivity index (χ3v) is 4.43. The maximum atomic E-state index is 13.2. The lowest BCUT2D eigenvalue weighted by molar-refractivity contribution is 0.101. The maximum Gasteiger partial charge on any atom is 0.183 e. The molecule has 3 aromatic rings. The lowest BCUT2D eigenvalue weighted by Gasteiger charge is -2.10. The van der Waals surface area contributed by atoms with E-state index in [1.54, 1.807) is 12.1 Å². The van der Waals surface area contributed by atoms with Crippen molar-refractivity contribution < 1.29 is 13.9 Å². The molecule has 0 saturated carbocycles. The number of carbonyl (C=O) groups is 1. The van der Waals surface area contributed by atoms with Crippen molar-refractivity contribution in [3.8, 4) is 11.4 Å². The monoisotopic (exact) mass is 366 g/mol. The summed E-state index contributed by atoms with van der Waals surface area (Å²) < 4.78 is 20.6. The van der Waals surface area contributed by atoms with E-state index in [4.69, 9.17) is 4.74 Å². The molecule has 0 radical (unpaired) electrons. The molecule has 27 heavy (non-hydrogen) atoms. The van der Waals surface area contributed by atoms with Gasteiger partial charge in [-0.15, -0.1) is 0 Å². The summed E-state index contributed by atoms with van der Waals surface area (Å²) >= 11 is 0. The number of nitrogens with zero attached hydrogens (tertiary/aromatic N) is 1. The third kappa shape index (κ3) is 4.19. The average Bonchev–Trinajstić information content (AvgIpc) is 2.96. The van der Waals surface area contributed by atoms with Crippen molar-refractivity contribution in [3.63, 3.8) is 0 Å². The van der Waals surface area contributed by atoms with Gasteiger partial charge in [-0.25, -0.2) is 4.39 Å². The number of rotatable bonds is 7. The van der Waals surface area contributed by atoms with Gasteiger partial charge < -0.3 is 14.6 Å². The van der Waals surface area contributed by atoms with Crippen LogP contribution < -0.4 is 10.1 Å². The molecule has 0 amide bonds. The van der Waals surface area contributed by atoms with Crippen LogP contribution in [0.15, 0.2) is 54.6 Å². The number of halogens is 1. The summed E-state index contributed by atoms with van der Waals surface area (Å²) in [5.74, 6) is 0.527. The fourth-order valence-corrected chi connectivity index (χ4v) is 3.15. The van der Waals surface area contributed by atoms with Crippen molar-refractivity contribution in [2.75, 3.05) is 18.5 Å². The van der Waals surface area contributed by atoms with Gasteiger partial charge in [-0.1, -0.05) is 0 Å². The molecule has 0 unspecified atom stereocenters. The molecular weight excluding hydrogens is 343 g/mol. The van der Waals surface area contributed by atoms with Crippen LogP contribution in [0.25, 0.3) is 5.69 Å². The number of anilines is 1. The Morgan fingerprint density at radius 3 is 2.37 bits per heavy atom. The third-order valence-electron chi connectivity index (χ3n) is 4.43. The molecule has 3 rings (SSSR count). The minimum absolute atomic E-state index is 0.00495. The second-order valence-electron chi connectivity index (χ2n) is 6.33. The quantitative estimate of drug-likeness (QED) is 0.603. The second kappa shape index (κ2) is 8.08. The van der Waals surface area contributed by atoms with Gasteiger partial charge in [0.05, 0.1) is 13.2 Å². The lowest BCUT2D eigenvalue weighted by atomic mass is 10.1. The molecule has 4 nitrogen and oxygen atoms in total. The zero-order valence-electron chi connectivity index (χ0n) is 15.8. The van der Waals surface area contributed by atoms with E-state index in [1.165, 1.54) is 12.1 Å². The standard InChI is InChI=1S/C22H23FN2O2/c1-4-27-20-11-7-18(8-12-20)24-14-22(26)21-13-15(2)25(16(21)3)19-9-5-17(23)6-10-19/h5-13,24H,4,14H2,1-3H3. The van der Waals surface area contributed by atoms with Crippen molar-refractivity contribution in [2.24, 2.45) is 0 Å². The van der Waals surface area contributed by atoms with Crippen LogP contribution in [0.4, 0.5) is 10.1 Å². The van der Waals surface area contributed by atoms with Gasteiger partial charge in [-0.05, 0) is 75.4 Å². The van der Waals surface area contributed by atoms with E-state index in [2.05, 4.69) is 5.32 Å². The zero-order chi connectivity index (χ0) is 19.4. The summed E-state index contributed by atoms with van der Waals surface area (Å²) in [5.41, 5.74) is 4.14. The van der Waals surface area contributed by atoms with E-state index >= 15 is 0 Å². The van der Waals surface area contributed by atoms with Crippen molar-refractivity contribution in [3.05, 3.63) is 77.4 Å². The Morgan fingerprint density at radius 2 is 1.74 bits per heavy atom. The predicted molar refractivity (Wildman–Crippen MR) is 106 cm³/mol. The number of benzene rings is 2. The smallest absolute Gasteiger partial charge is 0.183 e. The van der Waals surface area contributed by atoms with Crippen LogP contribution in [0.5, 0.6) is 5.75 Å². The normalized spacial score (nSPS) is 10.7. The van der Waals surface area contributed by atoms with Crippen LogP contribution in [0, 0.1) is 19.7 Å². The fourth-order valence-electron chi connectivity index (χ4n) is 3.15. The Labute approximate surface area is 158 Å². The van der Waals surface area contributed by atoms with Crippen LogP contribution in [0.3, 0.4) is 0 Å². The van der Waals surface area contributed by atoms with E-state index in [0.29, 0.717) is 12.2 Å². The highest BCUT2D eigenvalue weighted by atomic mass is 19.1. The summed E-state index contributed by atoms with van der Waals surface area (Å²) in [5, 5.41) is 3.15. The number of Topliss-reactive ketones (excluding diaryl/α,β-unsaturated/α-hetero) is 1. The average molecular weight is 366 g/mol. The molecule has 0 fully saturated rings. The highest BCUT2D eigenvalue weighted by Gasteiger charge is 2.16. The molecule has 1 aromatic heterocycles. The lowest BCUT2D eigenvalue weighted by Crippen LogP contribution is -2.14. The molecule has 0 atom stereocenters. The Balaban J connectivity index is 1.73. The number of nitrogens with one attached hydrogen (secondary N) is 1. The van der Waals surface area contributed by atoms with E-state index in [1.807, 2.05) is 55.7 Å². The van der Waals surface area contributed by atoms with Crippen LogP contribution in [0.2, 0.25) is 0 Å². The van der Waals surface area contributed by atoms with Gasteiger partial charge >= 0.3 is 0 Å². The van der Waals surface area contributed by atoms with Crippen LogP contribution in [-0.2, 0) is 0 Å². The van der Waals surface area contributed by atoms with Gasteiger partial charge in [0.25, 0.3) is 0 Å². The SMILES string of the molecule is CCOc1ccc(NCC(=O)c2cc(C)n(-c3ccc(F)cc3)c2C)cc1. The Hall–Kier alpha value is -3.08. The zero-order valence-corrected chi connectivity index (χ0v) is 15.8. The fraction of sp³-hybridized carbons (Fsp3) is 0.227. The van der Waals surface area contributed by atoms with Gasteiger partial charge in [0.15, 0.2) is 5.78 Å².